The predicted molar refractivity (Wildman–Crippen MR) is 109 cm³/mol. The fourth-order valence-corrected chi connectivity index (χ4v) is 6.20. The summed E-state index contributed by atoms with van der Waals surface area (Å²) >= 11 is 0. The van der Waals surface area contributed by atoms with Gasteiger partial charge in [0.2, 0.25) is 15.9 Å². The second kappa shape index (κ2) is 9.36. The van der Waals surface area contributed by atoms with Gasteiger partial charge in [-0.05, 0) is 37.3 Å². The number of ketones is 1. The summed E-state index contributed by atoms with van der Waals surface area (Å²) < 4.78 is 51.2. The van der Waals surface area contributed by atoms with Crippen molar-refractivity contribution in [2.24, 2.45) is 5.92 Å². The Morgan fingerprint density at radius 2 is 1.79 bits per heavy atom. The third-order valence-electron chi connectivity index (χ3n) is 4.77. The molecule has 0 radical (unpaired) electrons. The van der Waals surface area contributed by atoms with Crippen LogP contribution >= 0.6 is 0 Å². The van der Waals surface area contributed by atoms with E-state index in [1.54, 1.807) is 0 Å². The molecule has 1 saturated heterocycles. The molecule has 1 aliphatic heterocycles. The number of nitrogens with one attached hydrogen (secondary N) is 1. The van der Waals surface area contributed by atoms with Crippen LogP contribution < -0.4 is 5.32 Å². The Morgan fingerprint density at radius 1 is 1.17 bits per heavy atom. The van der Waals surface area contributed by atoms with E-state index in [4.69, 9.17) is 0 Å². The van der Waals surface area contributed by atoms with Crippen molar-refractivity contribution in [3.05, 3.63) is 24.3 Å². The van der Waals surface area contributed by atoms with Gasteiger partial charge in [0.1, 0.15) is 4.90 Å². The first kappa shape index (κ1) is 23.5. The lowest BCUT2D eigenvalue weighted by Crippen LogP contribution is -2.44. The molecular weight excluding hydrogens is 416 g/mol. The zero-order valence-electron chi connectivity index (χ0n) is 16.9. The fraction of sp³-hybridized carbons (Fsp3) is 0.579. The third kappa shape index (κ3) is 6.10. The average Bonchev–Trinajstić information content (AvgIpc) is 2.81. The van der Waals surface area contributed by atoms with E-state index >= 15 is 0 Å². The van der Waals surface area contributed by atoms with Gasteiger partial charge in [-0.15, -0.1) is 0 Å². The van der Waals surface area contributed by atoms with Gasteiger partial charge in [-0.1, -0.05) is 26.0 Å². The predicted octanol–water partition coefficient (Wildman–Crippen LogP) is 1.36. The number of nitrogens with zero attached hydrogens (tertiary/aromatic N) is 1. The van der Waals surface area contributed by atoms with Gasteiger partial charge in [0.15, 0.2) is 15.6 Å². The van der Waals surface area contributed by atoms with Crippen LogP contribution in [-0.4, -0.2) is 58.2 Å². The van der Waals surface area contributed by atoms with Crippen molar-refractivity contribution in [1.82, 2.24) is 9.62 Å². The standard InChI is InChI=1S/C19H28N2O6S2/c1-14(2)10-11-19(23)20-15-7-6-12-21(13-16(15)22)29(26,27)18-9-5-4-8-17(18)28(3,24)25/h4-5,8-9,14-15H,6-7,10-13H2,1-3H3,(H,20,23)/t15-/m0/s1. The quantitative estimate of drug-likeness (QED) is 0.679. The number of hydrogen-bond donors (Lipinski definition) is 1. The molecule has 0 aliphatic carbocycles. The SMILES string of the molecule is CC(C)CCC(=O)N[C@H]1CCCN(S(=O)(=O)c2ccccc2S(C)(=O)=O)CC1=O. The molecule has 162 valence electrons. The van der Waals surface area contributed by atoms with Crippen molar-refractivity contribution in [2.75, 3.05) is 19.3 Å². The summed E-state index contributed by atoms with van der Waals surface area (Å²) in [5, 5.41) is 2.71. The highest BCUT2D eigenvalue weighted by Crippen LogP contribution is 2.25. The first-order valence-electron chi connectivity index (χ1n) is 9.54. The molecule has 1 aromatic carbocycles. The molecule has 2 rings (SSSR count). The van der Waals surface area contributed by atoms with E-state index in [9.17, 15) is 26.4 Å². The number of Topliss-reactive ketones (excluding diaryl/α,β-unsaturated/α-hetero) is 1. The minimum atomic E-state index is -4.18. The highest BCUT2D eigenvalue weighted by Gasteiger charge is 2.35. The Hall–Kier alpha value is -1.78. The van der Waals surface area contributed by atoms with Crippen LogP contribution in [-0.2, 0) is 29.4 Å². The first-order chi connectivity index (χ1) is 13.4. The van der Waals surface area contributed by atoms with Gasteiger partial charge in [-0.2, -0.15) is 4.31 Å². The number of sulfonamides is 1. The van der Waals surface area contributed by atoms with Crippen molar-refractivity contribution in [3.8, 4) is 0 Å². The van der Waals surface area contributed by atoms with Crippen LogP contribution in [0.4, 0.5) is 0 Å². The van der Waals surface area contributed by atoms with Crippen LogP contribution in [0.15, 0.2) is 34.1 Å². The highest BCUT2D eigenvalue weighted by atomic mass is 32.2. The van der Waals surface area contributed by atoms with E-state index in [0.29, 0.717) is 31.6 Å². The molecule has 1 aliphatic rings. The Bertz CT molecular complexity index is 970. The molecule has 1 heterocycles. The molecule has 1 fully saturated rings. The van der Waals surface area contributed by atoms with Crippen LogP contribution in [0.1, 0.15) is 39.5 Å². The number of hydrogen-bond acceptors (Lipinski definition) is 6. The zero-order valence-corrected chi connectivity index (χ0v) is 18.6. The summed E-state index contributed by atoms with van der Waals surface area (Å²) in [6.45, 7) is 3.67. The normalized spacial score (nSPS) is 19.2. The number of amides is 1. The van der Waals surface area contributed by atoms with Gasteiger partial charge in [0, 0.05) is 19.2 Å². The second-order valence-corrected chi connectivity index (χ2v) is 11.6. The van der Waals surface area contributed by atoms with Gasteiger partial charge in [-0.3, -0.25) is 9.59 Å². The van der Waals surface area contributed by atoms with Crippen molar-refractivity contribution < 1.29 is 26.4 Å². The van der Waals surface area contributed by atoms with Gasteiger partial charge in [0.05, 0.1) is 17.5 Å². The summed E-state index contributed by atoms with van der Waals surface area (Å²) in [7, 11) is -7.95. The second-order valence-electron chi connectivity index (χ2n) is 7.72. The summed E-state index contributed by atoms with van der Waals surface area (Å²) in [6, 6.07) is 4.62. The van der Waals surface area contributed by atoms with Crippen molar-refractivity contribution >= 4 is 31.6 Å². The molecule has 0 aromatic heterocycles. The Kier molecular flexibility index (Phi) is 7.58. The molecule has 1 amide bonds. The lowest BCUT2D eigenvalue weighted by atomic mass is 10.1. The lowest BCUT2D eigenvalue weighted by molar-refractivity contribution is -0.127. The van der Waals surface area contributed by atoms with E-state index in [1.165, 1.54) is 24.3 Å². The monoisotopic (exact) mass is 444 g/mol. The molecule has 0 unspecified atom stereocenters. The van der Waals surface area contributed by atoms with E-state index in [2.05, 4.69) is 5.32 Å². The lowest BCUT2D eigenvalue weighted by Gasteiger charge is -2.21. The van der Waals surface area contributed by atoms with E-state index < -0.39 is 38.2 Å². The van der Waals surface area contributed by atoms with Crippen molar-refractivity contribution in [1.29, 1.82) is 0 Å². The third-order valence-corrected chi connectivity index (χ3v) is 7.96. The minimum Gasteiger partial charge on any atom is -0.346 e. The topological polar surface area (TPSA) is 118 Å². The van der Waals surface area contributed by atoms with Gasteiger partial charge < -0.3 is 5.32 Å². The smallest absolute Gasteiger partial charge is 0.244 e. The number of carbonyl (C=O) groups is 2. The molecule has 10 heteroatoms. The summed E-state index contributed by atoms with van der Waals surface area (Å²) in [4.78, 5) is 24.1. The molecule has 1 atom stereocenters. The molecule has 1 N–H and O–H groups in total. The fourth-order valence-electron chi connectivity index (χ4n) is 3.15. The van der Waals surface area contributed by atoms with Crippen LogP contribution in [0.25, 0.3) is 0 Å². The number of benzene rings is 1. The number of carbonyl (C=O) groups excluding carboxylic acids is 2. The summed E-state index contributed by atoms with van der Waals surface area (Å²) in [5.41, 5.74) is 0. The maximum atomic E-state index is 13.1. The molecule has 8 nitrogen and oxygen atoms in total. The Morgan fingerprint density at radius 3 is 2.38 bits per heavy atom. The van der Waals surface area contributed by atoms with E-state index in [0.717, 1.165) is 10.6 Å². The Balaban J connectivity index is 2.20. The largest absolute Gasteiger partial charge is 0.346 e. The van der Waals surface area contributed by atoms with Gasteiger partial charge in [0.25, 0.3) is 0 Å². The number of rotatable bonds is 7. The van der Waals surface area contributed by atoms with Crippen LogP contribution in [0.3, 0.4) is 0 Å². The molecule has 0 spiro atoms. The van der Waals surface area contributed by atoms with Gasteiger partial charge in [-0.25, -0.2) is 16.8 Å². The maximum absolute atomic E-state index is 13.1. The van der Waals surface area contributed by atoms with Crippen molar-refractivity contribution in [2.45, 2.75) is 55.4 Å². The van der Waals surface area contributed by atoms with E-state index in [-0.39, 0.29) is 22.2 Å². The highest BCUT2D eigenvalue weighted by molar-refractivity contribution is 7.93. The van der Waals surface area contributed by atoms with Gasteiger partial charge >= 0.3 is 0 Å². The van der Waals surface area contributed by atoms with Crippen molar-refractivity contribution in [3.63, 3.8) is 0 Å². The van der Waals surface area contributed by atoms with E-state index in [1.807, 2.05) is 13.8 Å². The van der Waals surface area contributed by atoms with Crippen LogP contribution in [0.2, 0.25) is 0 Å². The maximum Gasteiger partial charge on any atom is 0.244 e. The molecule has 1 aromatic rings. The molecule has 0 saturated carbocycles. The molecular formula is C19H28N2O6S2. The zero-order chi connectivity index (χ0) is 21.8. The Labute approximate surface area is 172 Å². The summed E-state index contributed by atoms with van der Waals surface area (Å²) in [5.74, 6) is -0.266. The minimum absolute atomic E-state index is 0.0739. The summed E-state index contributed by atoms with van der Waals surface area (Å²) in [6.07, 6.45) is 2.67. The number of sulfone groups is 1. The molecule has 29 heavy (non-hydrogen) atoms. The van der Waals surface area contributed by atoms with Crippen LogP contribution in [0, 0.1) is 5.92 Å². The van der Waals surface area contributed by atoms with Crippen LogP contribution in [0.5, 0.6) is 0 Å². The average molecular weight is 445 g/mol. The molecule has 0 bridgehead atoms. The first-order valence-corrected chi connectivity index (χ1v) is 12.9.